The molecule has 2 unspecified atom stereocenters. The Morgan fingerprint density at radius 3 is 2.41 bits per heavy atom. The van der Waals surface area contributed by atoms with Crippen molar-refractivity contribution in [3.8, 4) is 0 Å². The van der Waals surface area contributed by atoms with Gasteiger partial charge in [-0.05, 0) is 52.9 Å². The third-order valence-electron chi connectivity index (χ3n) is 4.30. The van der Waals surface area contributed by atoms with Crippen LogP contribution in [0.3, 0.4) is 0 Å². The summed E-state index contributed by atoms with van der Waals surface area (Å²) >= 11 is 0. The van der Waals surface area contributed by atoms with Crippen LogP contribution in [0.15, 0.2) is 0 Å². The van der Waals surface area contributed by atoms with Gasteiger partial charge in [-0.2, -0.15) is 0 Å². The zero-order chi connectivity index (χ0) is 16.6. The van der Waals surface area contributed by atoms with E-state index in [-0.39, 0.29) is 6.09 Å². The molecular formula is C18H36N2O2. The number of rotatable bonds is 7. The van der Waals surface area contributed by atoms with Crippen LogP contribution < -0.4 is 10.6 Å². The monoisotopic (exact) mass is 312 g/mol. The summed E-state index contributed by atoms with van der Waals surface area (Å²) in [5, 5.41) is 6.70. The highest BCUT2D eigenvalue weighted by atomic mass is 16.6. The molecule has 0 heterocycles. The number of nitrogens with one attached hydrogen (secondary N) is 2. The number of amides is 1. The summed E-state index contributed by atoms with van der Waals surface area (Å²) < 4.78 is 5.35. The molecule has 1 aliphatic rings. The van der Waals surface area contributed by atoms with E-state index in [2.05, 4.69) is 24.5 Å². The van der Waals surface area contributed by atoms with Gasteiger partial charge in [0.2, 0.25) is 0 Å². The van der Waals surface area contributed by atoms with E-state index in [9.17, 15) is 4.79 Å². The van der Waals surface area contributed by atoms with Gasteiger partial charge in [-0.25, -0.2) is 4.79 Å². The summed E-state index contributed by atoms with van der Waals surface area (Å²) in [6.07, 6.45) is 8.58. The highest BCUT2D eigenvalue weighted by Gasteiger charge is 2.26. The Bertz CT molecular complexity index is 320. The van der Waals surface area contributed by atoms with E-state index in [1.54, 1.807) is 0 Å². The number of ether oxygens (including phenoxy) is 1. The van der Waals surface area contributed by atoms with Crippen LogP contribution >= 0.6 is 0 Å². The van der Waals surface area contributed by atoms with E-state index < -0.39 is 5.60 Å². The van der Waals surface area contributed by atoms with Crippen LogP contribution in [0.4, 0.5) is 4.79 Å². The molecule has 4 heteroatoms. The first-order valence-electron chi connectivity index (χ1n) is 9.04. The summed E-state index contributed by atoms with van der Waals surface area (Å²) in [5.74, 6) is 0.669. The maximum atomic E-state index is 11.9. The molecule has 0 aromatic carbocycles. The molecular weight excluding hydrogens is 276 g/mol. The second kappa shape index (κ2) is 9.39. The number of hydrogen-bond donors (Lipinski definition) is 2. The highest BCUT2D eigenvalue weighted by Crippen LogP contribution is 2.26. The molecule has 130 valence electrons. The van der Waals surface area contributed by atoms with Gasteiger partial charge in [0.25, 0.3) is 0 Å². The van der Waals surface area contributed by atoms with E-state index in [4.69, 9.17) is 4.74 Å². The number of carbonyl (C=O) groups excluding carboxylic acids is 1. The second-order valence-electron chi connectivity index (χ2n) is 7.74. The molecule has 0 saturated heterocycles. The van der Waals surface area contributed by atoms with Crippen molar-refractivity contribution in [3.63, 3.8) is 0 Å². The first-order chi connectivity index (χ1) is 10.3. The van der Waals surface area contributed by atoms with E-state index in [1.165, 1.54) is 44.9 Å². The zero-order valence-corrected chi connectivity index (χ0v) is 15.2. The fourth-order valence-electron chi connectivity index (χ4n) is 3.29. The van der Waals surface area contributed by atoms with Crippen molar-refractivity contribution >= 4 is 6.09 Å². The molecule has 1 rings (SSSR count). The van der Waals surface area contributed by atoms with Crippen LogP contribution in [0.2, 0.25) is 0 Å². The Kier molecular flexibility index (Phi) is 8.23. The van der Waals surface area contributed by atoms with E-state index >= 15 is 0 Å². The third-order valence-corrected chi connectivity index (χ3v) is 4.30. The van der Waals surface area contributed by atoms with Gasteiger partial charge in [0.1, 0.15) is 5.60 Å². The average molecular weight is 312 g/mol. The molecule has 0 spiro atoms. The van der Waals surface area contributed by atoms with Crippen molar-refractivity contribution in [3.05, 3.63) is 0 Å². The van der Waals surface area contributed by atoms with Gasteiger partial charge in [-0.3, -0.25) is 0 Å². The Balaban J connectivity index is 2.51. The predicted octanol–water partition coefficient (Wildman–Crippen LogP) is 4.24. The van der Waals surface area contributed by atoms with Crippen molar-refractivity contribution in [1.82, 2.24) is 10.6 Å². The Hall–Kier alpha value is -0.770. The summed E-state index contributed by atoms with van der Waals surface area (Å²) in [4.78, 5) is 11.9. The summed E-state index contributed by atoms with van der Waals surface area (Å²) in [6, 6.07) is 0.853. The second-order valence-corrected chi connectivity index (χ2v) is 7.74. The summed E-state index contributed by atoms with van der Waals surface area (Å²) in [5.41, 5.74) is -0.437. The topological polar surface area (TPSA) is 50.4 Å². The van der Waals surface area contributed by atoms with Crippen molar-refractivity contribution < 1.29 is 9.53 Å². The van der Waals surface area contributed by atoms with Gasteiger partial charge in [0.15, 0.2) is 0 Å². The SMILES string of the molecule is CCCC(C)NC(CNC(=O)OC(C)(C)C)C1CCCCC1. The smallest absolute Gasteiger partial charge is 0.407 e. The normalized spacial score (nSPS) is 19.5. The van der Waals surface area contributed by atoms with Crippen molar-refractivity contribution in [2.75, 3.05) is 6.54 Å². The predicted molar refractivity (Wildman–Crippen MR) is 92.1 cm³/mol. The maximum Gasteiger partial charge on any atom is 0.407 e. The van der Waals surface area contributed by atoms with Crippen LogP contribution in [0.5, 0.6) is 0 Å². The van der Waals surface area contributed by atoms with Gasteiger partial charge in [-0.1, -0.05) is 32.6 Å². The quantitative estimate of drug-likeness (QED) is 0.739. The van der Waals surface area contributed by atoms with E-state index in [1.807, 2.05) is 20.8 Å². The van der Waals surface area contributed by atoms with Crippen molar-refractivity contribution in [2.45, 2.75) is 97.2 Å². The lowest BCUT2D eigenvalue weighted by atomic mass is 9.83. The number of carbonyl (C=O) groups is 1. The molecule has 0 radical (unpaired) electrons. The largest absolute Gasteiger partial charge is 0.444 e. The minimum atomic E-state index is -0.437. The molecule has 1 fully saturated rings. The van der Waals surface area contributed by atoms with E-state index in [0.29, 0.717) is 24.5 Å². The first kappa shape index (κ1) is 19.3. The van der Waals surface area contributed by atoms with Crippen LogP contribution in [0.25, 0.3) is 0 Å². The molecule has 0 aromatic heterocycles. The molecule has 0 bridgehead atoms. The van der Waals surface area contributed by atoms with Crippen LogP contribution in [0.1, 0.15) is 79.6 Å². The van der Waals surface area contributed by atoms with E-state index in [0.717, 1.165) is 0 Å². The van der Waals surface area contributed by atoms with Crippen LogP contribution in [0, 0.1) is 5.92 Å². The lowest BCUT2D eigenvalue weighted by Gasteiger charge is -2.33. The van der Waals surface area contributed by atoms with Crippen LogP contribution in [-0.4, -0.2) is 30.3 Å². The fourth-order valence-corrected chi connectivity index (χ4v) is 3.29. The molecule has 1 aliphatic carbocycles. The molecule has 2 atom stereocenters. The molecule has 1 saturated carbocycles. The Morgan fingerprint density at radius 2 is 1.86 bits per heavy atom. The Labute approximate surface area is 136 Å². The van der Waals surface area contributed by atoms with Gasteiger partial charge in [-0.15, -0.1) is 0 Å². The molecule has 0 aliphatic heterocycles. The molecule has 22 heavy (non-hydrogen) atoms. The molecule has 2 N–H and O–H groups in total. The molecule has 4 nitrogen and oxygen atoms in total. The first-order valence-corrected chi connectivity index (χ1v) is 9.04. The van der Waals surface area contributed by atoms with Gasteiger partial charge in [0.05, 0.1) is 0 Å². The van der Waals surface area contributed by atoms with Gasteiger partial charge in [0, 0.05) is 18.6 Å². The lowest BCUT2D eigenvalue weighted by molar-refractivity contribution is 0.0514. The maximum absolute atomic E-state index is 11.9. The summed E-state index contributed by atoms with van der Waals surface area (Å²) in [7, 11) is 0. The molecule has 0 aromatic rings. The van der Waals surface area contributed by atoms with Crippen LogP contribution in [-0.2, 0) is 4.74 Å². The zero-order valence-electron chi connectivity index (χ0n) is 15.2. The standard InChI is InChI=1S/C18H36N2O2/c1-6-10-14(2)20-16(15-11-8-7-9-12-15)13-19-17(21)22-18(3,4)5/h14-16,20H,6-13H2,1-5H3,(H,19,21). The Morgan fingerprint density at radius 1 is 1.23 bits per heavy atom. The summed E-state index contributed by atoms with van der Waals surface area (Å²) in [6.45, 7) is 10.8. The molecule has 1 amide bonds. The number of alkyl carbamates (subject to hydrolysis) is 1. The van der Waals surface area contributed by atoms with Crippen molar-refractivity contribution in [1.29, 1.82) is 0 Å². The lowest BCUT2D eigenvalue weighted by Crippen LogP contribution is -2.49. The van der Waals surface area contributed by atoms with Gasteiger partial charge >= 0.3 is 6.09 Å². The minimum Gasteiger partial charge on any atom is -0.444 e. The van der Waals surface area contributed by atoms with Crippen molar-refractivity contribution in [2.24, 2.45) is 5.92 Å². The third kappa shape index (κ3) is 8.02. The average Bonchev–Trinajstić information content (AvgIpc) is 2.43. The fraction of sp³-hybridized carbons (Fsp3) is 0.944. The highest BCUT2D eigenvalue weighted by molar-refractivity contribution is 5.67. The minimum absolute atomic E-state index is 0.307. The number of hydrogen-bond acceptors (Lipinski definition) is 3. The van der Waals surface area contributed by atoms with Gasteiger partial charge < -0.3 is 15.4 Å².